The Morgan fingerprint density at radius 1 is 0.532 bits per heavy atom. The molecule has 0 atom stereocenters. The zero-order valence-electron chi connectivity index (χ0n) is 35.4. The number of rotatable bonds is 5. The molecular formula is C45H32N2. The third-order valence-electron chi connectivity index (χ3n) is 8.89. The number of hydrogen-bond donors (Lipinski definition) is 0. The Morgan fingerprint density at radius 3 is 1.83 bits per heavy atom. The van der Waals surface area contributed by atoms with Gasteiger partial charge in [-0.25, -0.2) is 4.98 Å². The highest BCUT2D eigenvalue weighted by molar-refractivity contribution is 6.22. The van der Waals surface area contributed by atoms with Crippen molar-refractivity contribution in [1.82, 2.24) is 9.55 Å². The van der Waals surface area contributed by atoms with Crippen LogP contribution in [0.25, 0.3) is 82.4 Å². The number of imidazole rings is 1. The van der Waals surface area contributed by atoms with Crippen molar-refractivity contribution in [2.24, 2.45) is 0 Å². The molecule has 0 bridgehead atoms. The van der Waals surface area contributed by atoms with Crippen molar-refractivity contribution in [3.8, 4) is 39.1 Å². The molecule has 2 heteroatoms. The summed E-state index contributed by atoms with van der Waals surface area (Å²) in [5.74, 6) is 0.966. The van der Waals surface area contributed by atoms with Crippen LogP contribution in [0.3, 0.4) is 0 Å². The number of para-hydroxylation sites is 2. The van der Waals surface area contributed by atoms with Crippen molar-refractivity contribution in [1.29, 1.82) is 0 Å². The van der Waals surface area contributed by atoms with Crippen LogP contribution in [0.2, 0.25) is 0 Å². The molecule has 0 aliphatic carbocycles. The molecule has 0 amide bonds. The van der Waals surface area contributed by atoms with Crippen LogP contribution in [0.1, 0.15) is 26.5 Å². The summed E-state index contributed by atoms with van der Waals surface area (Å²) < 4.78 is 88.8. The van der Waals surface area contributed by atoms with Gasteiger partial charge in [0.1, 0.15) is 5.82 Å². The first kappa shape index (κ1) is 18.9. The maximum Gasteiger partial charge on any atom is 0.114 e. The first-order valence-electron chi connectivity index (χ1n) is 20.5. The fourth-order valence-corrected chi connectivity index (χ4v) is 6.80. The van der Waals surface area contributed by atoms with Gasteiger partial charge >= 0.3 is 0 Å². The van der Waals surface area contributed by atoms with Gasteiger partial charge in [0.25, 0.3) is 0 Å². The summed E-state index contributed by atoms with van der Waals surface area (Å²) in [4.78, 5) is 4.85. The average Bonchev–Trinajstić information content (AvgIpc) is 3.62. The van der Waals surface area contributed by atoms with E-state index < -0.39 is 36.3 Å². The lowest BCUT2D eigenvalue weighted by molar-refractivity contribution is 0.909. The maximum atomic E-state index is 9.03. The Bertz CT molecular complexity index is 3130. The number of aromatic nitrogens is 2. The zero-order chi connectivity index (χ0) is 40.0. The van der Waals surface area contributed by atoms with E-state index in [2.05, 4.69) is 47.9 Å². The van der Waals surface area contributed by atoms with Crippen molar-refractivity contribution < 1.29 is 13.7 Å². The first-order valence-corrected chi connectivity index (χ1v) is 15.5. The van der Waals surface area contributed by atoms with Gasteiger partial charge in [-0.1, -0.05) is 134 Å². The predicted octanol–water partition coefficient (Wildman–Crippen LogP) is 12.0. The summed E-state index contributed by atoms with van der Waals surface area (Å²) in [6.45, 7) is 2.09. The molecule has 0 aliphatic heterocycles. The number of benzene rings is 8. The van der Waals surface area contributed by atoms with E-state index in [4.69, 9.17) is 18.7 Å². The quantitative estimate of drug-likeness (QED) is 0.177. The van der Waals surface area contributed by atoms with Gasteiger partial charge in [0.05, 0.1) is 24.7 Å². The van der Waals surface area contributed by atoms with E-state index in [1.54, 1.807) is 24.3 Å². The molecule has 0 saturated carbocycles. The standard InChI is InChI=1S/C45H32N2/c1-2-43-46-41-19-11-12-20-42(41)47(43)36-25-23-33-27-32(21-22-34(33)28-36)35-24-26-39-40(29-35)45(31-15-7-4-8-16-31)38-18-10-9-17-37(38)44(39)30-13-5-3-6-14-30/h3-29H,2H2,1H3/i3D,4D,5D,6D,7D,8D,13D,14D,15D,16D. The Balaban J connectivity index is 1.33. The van der Waals surface area contributed by atoms with Crippen LogP contribution < -0.4 is 0 Å². The van der Waals surface area contributed by atoms with Gasteiger partial charge in [0.2, 0.25) is 0 Å². The van der Waals surface area contributed by atoms with Crippen molar-refractivity contribution >= 4 is 43.4 Å². The first-order chi connectivity index (χ1) is 27.4. The van der Waals surface area contributed by atoms with Crippen LogP contribution in [-0.4, -0.2) is 9.55 Å². The molecule has 222 valence electrons. The molecular weight excluding hydrogens is 569 g/mol. The van der Waals surface area contributed by atoms with Crippen molar-refractivity contribution in [2.75, 3.05) is 0 Å². The Kier molecular flexibility index (Phi) is 4.46. The fraction of sp³-hybridized carbons (Fsp3) is 0.0444. The number of fused-ring (bicyclic) bond motifs is 4. The molecule has 9 aromatic rings. The summed E-state index contributed by atoms with van der Waals surface area (Å²) in [7, 11) is 0. The molecule has 2 nitrogen and oxygen atoms in total. The van der Waals surface area contributed by atoms with Gasteiger partial charge < -0.3 is 0 Å². The third-order valence-corrected chi connectivity index (χ3v) is 8.89. The highest BCUT2D eigenvalue weighted by Crippen LogP contribution is 2.44. The molecule has 0 unspecified atom stereocenters. The largest absolute Gasteiger partial charge is 0.296 e. The van der Waals surface area contributed by atoms with Gasteiger partial charge in [-0.2, -0.15) is 0 Å². The van der Waals surface area contributed by atoms with E-state index in [0.29, 0.717) is 32.7 Å². The van der Waals surface area contributed by atoms with Gasteiger partial charge in [0, 0.05) is 12.1 Å². The van der Waals surface area contributed by atoms with E-state index in [1.807, 2.05) is 42.5 Å². The van der Waals surface area contributed by atoms with Crippen LogP contribution >= 0.6 is 0 Å². The Labute approximate surface area is 288 Å². The van der Waals surface area contributed by atoms with Crippen molar-refractivity contribution in [2.45, 2.75) is 13.3 Å². The molecule has 0 saturated heterocycles. The minimum atomic E-state index is -0.509. The molecule has 0 aliphatic rings. The molecule has 47 heavy (non-hydrogen) atoms. The summed E-state index contributed by atoms with van der Waals surface area (Å²) >= 11 is 0. The van der Waals surface area contributed by atoms with E-state index in [9.17, 15) is 0 Å². The number of nitrogens with zero attached hydrogens (tertiary/aromatic N) is 2. The molecule has 0 spiro atoms. The fourth-order valence-electron chi connectivity index (χ4n) is 6.80. The summed E-state index contributed by atoms with van der Waals surface area (Å²) in [6, 6.07) is 28.9. The van der Waals surface area contributed by atoms with Gasteiger partial charge in [-0.05, 0) is 102 Å². The SMILES string of the molecule is [2H]c1c([2H])c([2H])c(-c2c3ccccc3c(-c3c([2H])c([2H])c([2H])c([2H])c3[2H])c3cc(-c4ccc5cc(-n6c(CC)nc7ccccc76)ccc5c4)ccc23)c([2H])c1[2H]. The number of hydrogen-bond acceptors (Lipinski definition) is 1. The molecule has 0 fully saturated rings. The molecule has 0 radical (unpaired) electrons. The zero-order valence-corrected chi connectivity index (χ0v) is 25.4. The van der Waals surface area contributed by atoms with Gasteiger partial charge in [-0.15, -0.1) is 0 Å². The predicted molar refractivity (Wildman–Crippen MR) is 199 cm³/mol. The van der Waals surface area contributed by atoms with Crippen LogP contribution in [-0.2, 0) is 6.42 Å². The molecule has 1 heterocycles. The molecule has 1 aromatic heterocycles. The Morgan fingerprint density at radius 2 is 1.11 bits per heavy atom. The second-order valence-electron chi connectivity index (χ2n) is 11.5. The summed E-state index contributed by atoms with van der Waals surface area (Å²) in [5, 5.41) is 4.03. The normalized spacial score (nSPS) is 14.6. The lowest BCUT2D eigenvalue weighted by Crippen LogP contribution is -1.99. The van der Waals surface area contributed by atoms with Crippen LogP contribution in [0.15, 0.2) is 164 Å². The maximum absolute atomic E-state index is 9.03. The smallest absolute Gasteiger partial charge is 0.114 e. The Hall–Kier alpha value is -5.99. The minimum Gasteiger partial charge on any atom is -0.296 e. The van der Waals surface area contributed by atoms with Crippen LogP contribution in [0.4, 0.5) is 0 Å². The van der Waals surface area contributed by atoms with E-state index in [1.165, 1.54) is 0 Å². The van der Waals surface area contributed by atoms with Gasteiger partial charge in [0.15, 0.2) is 0 Å². The average molecular weight is 611 g/mol. The van der Waals surface area contributed by atoms with E-state index >= 15 is 0 Å². The third kappa shape index (κ3) is 4.53. The summed E-state index contributed by atoms with van der Waals surface area (Å²) in [5.41, 5.74) is 5.42. The number of aryl methyl sites for hydroxylation is 1. The monoisotopic (exact) mass is 610 g/mol. The second kappa shape index (κ2) is 11.1. The molecule has 0 N–H and O–H groups in total. The minimum absolute atomic E-state index is 0.0106. The summed E-state index contributed by atoms with van der Waals surface area (Å²) in [6.07, 6.45) is 0.770. The van der Waals surface area contributed by atoms with Crippen molar-refractivity contribution in [3.63, 3.8) is 0 Å². The van der Waals surface area contributed by atoms with Crippen LogP contribution in [0, 0.1) is 0 Å². The van der Waals surface area contributed by atoms with E-state index in [0.717, 1.165) is 50.9 Å². The molecule has 9 rings (SSSR count). The second-order valence-corrected chi connectivity index (χ2v) is 11.5. The lowest BCUT2D eigenvalue weighted by Gasteiger charge is -2.19. The topological polar surface area (TPSA) is 17.8 Å². The highest BCUT2D eigenvalue weighted by Gasteiger charge is 2.18. The van der Waals surface area contributed by atoms with E-state index in [-0.39, 0.29) is 35.3 Å². The van der Waals surface area contributed by atoms with Gasteiger partial charge in [-0.3, -0.25) is 4.57 Å². The van der Waals surface area contributed by atoms with Crippen LogP contribution in [0.5, 0.6) is 0 Å². The molecule has 8 aromatic carbocycles. The lowest BCUT2D eigenvalue weighted by atomic mass is 9.85. The van der Waals surface area contributed by atoms with Crippen molar-refractivity contribution in [3.05, 3.63) is 169 Å². The highest BCUT2D eigenvalue weighted by atomic mass is 15.1.